The molecule has 0 aliphatic heterocycles. The minimum Gasteiger partial charge on any atom is -0.493 e. The molecule has 106 valence electrons. The molecule has 0 fully saturated rings. The van der Waals surface area contributed by atoms with E-state index in [-0.39, 0.29) is 0 Å². The number of hydrogen-bond donors (Lipinski definition) is 1. The lowest BCUT2D eigenvalue weighted by atomic mass is 10.2. The van der Waals surface area contributed by atoms with Crippen molar-refractivity contribution < 1.29 is 9.47 Å². The van der Waals surface area contributed by atoms with Crippen molar-refractivity contribution in [2.24, 2.45) is 0 Å². The van der Waals surface area contributed by atoms with Gasteiger partial charge in [0.05, 0.1) is 19.9 Å². The zero-order valence-electron chi connectivity index (χ0n) is 11.8. The molecule has 0 aliphatic rings. The highest BCUT2D eigenvalue weighted by Crippen LogP contribution is 2.34. The number of nitrogens with zero attached hydrogens (tertiary/aromatic N) is 1. The van der Waals surface area contributed by atoms with E-state index in [1.165, 1.54) is 0 Å². The van der Waals surface area contributed by atoms with Gasteiger partial charge in [0.25, 0.3) is 0 Å². The zero-order valence-corrected chi connectivity index (χ0v) is 12.7. The van der Waals surface area contributed by atoms with Crippen molar-refractivity contribution >= 4 is 17.4 Å². The molecule has 0 atom stereocenters. The lowest BCUT2D eigenvalue weighted by Crippen LogP contribution is -1.98. The number of nitrogen functional groups attached to an aromatic ring is 1. The Labute approximate surface area is 123 Å². The molecule has 0 saturated carbocycles. The van der Waals surface area contributed by atoms with Crippen LogP contribution in [0.2, 0.25) is 0 Å². The van der Waals surface area contributed by atoms with Crippen LogP contribution in [0.1, 0.15) is 11.3 Å². The van der Waals surface area contributed by atoms with Gasteiger partial charge in [-0.2, -0.15) is 0 Å². The molecule has 1 aromatic heterocycles. The van der Waals surface area contributed by atoms with E-state index in [1.54, 1.807) is 38.2 Å². The number of aromatic nitrogens is 1. The van der Waals surface area contributed by atoms with Gasteiger partial charge >= 0.3 is 0 Å². The molecular formula is C15H18N2O2S. The molecule has 20 heavy (non-hydrogen) atoms. The highest BCUT2D eigenvalue weighted by Gasteiger charge is 2.12. The fourth-order valence-electron chi connectivity index (χ4n) is 1.90. The van der Waals surface area contributed by atoms with Crippen molar-refractivity contribution in [1.82, 2.24) is 4.98 Å². The lowest BCUT2D eigenvalue weighted by Gasteiger charge is -2.12. The Morgan fingerprint density at radius 2 is 2.00 bits per heavy atom. The molecule has 4 nitrogen and oxygen atoms in total. The van der Waals surface area contributed by atoms with E-state index in [0.717, 1.165) is 21.8 Å². The lowest BCUT2D eigenvalue weighted by molar-refractivity contribution is 0.350. The maximum absolute atomic E-state index is 6.01. The highest BCUT2D eigenvalue weighted by atomic mass is 32.2. The van der Waals surface area contributed by atoms with Crippen LogP contribution in [0.5, 0.6) is 11.5 Å². The number of aryl methyl sites for hydroxylation is 1. The van der Waals surface area contributed by atoms with Gasteiger partial charge in [0.1, 0.15) is 0 Å². The minimum atomic E-state index is 0.674. The first kappa shape index (κ1) is 14.5. The van der Waals surface area contributed by atoms with Crippen molar-refractivity contribution in [2.45, 2.75) is 17.6 Å². The van der Waals surface area contributed by atoms with Gasteiger partial charge in [-0.3, -0.25) is 4.98 Å². The van der Waals surface area contributed by atoms with Crippen LogP contribution < -0.4 is 15.2 Å². The quantitative estimate of drug-likeness (QED) is 0.676. The number of anilines is 1. The normalized spacial score (nSPS) is 10.3. The Kier molecular flexibility index (Phi) is 4.74. The summed E-state index contributed by atoms with van der Waals surface area (Å²) >= 11 is 1.63. The molecule has 1 aromatic carbocycles. The molecule has 0 saturated heterocycles. The highest BCUT2D eigenvalue weighted by molar-refractivity contribution is 7.98. The number of hydrogen-bond acceptors (Lipinski definition) is 5. The van der Waals surface area contributed by atoms with Crippen LogP contribution in [0.4, 0.5) is 5.69 Å². The largest absolute Gasteiger partial charge is 0.493 e. The van der Waals surface area contributed by atoms with E-state index in [9.17, 15) is 0 Å². The van der Waals surface area contributed by atoms with Crippen LogP contribution >= 0.6 is 11.8 Å². The maximum atomic E-state index is 6.01. The topological polar surface area (TPSA) is 57.4 Å². The Morgan fingerprint density at radius 3 is 2.65 bits per heavy atom. The second-order valence-corrected chi connectivity index (χ2v) is 5.34. The molecule has 5 heteroatoms. The standard InChI is InChI=1S/C15H18N2O2S/c1-10-4-5-14(11(16)8-10)20-9-12-15(19-3)13(18-2)6-7-17-12/h4-8H,9,16H2,1-3H3. The molecule has 0 unspecified atom stereocenters. The second kappa shape index (κ2) is 6.52. The third-order valence-electron chi connectivity index (χ3n) is 2.90. The Morgan fingerprint density at radius 1 is 1.20 bits per heavy atom. The molecule has 0 bridgehead atoms. The Bertz CT molecular complexity index is 602. The Balaban J connectivity index is 2.18. The first-order valence-electron chi connectivity index (χ1n) is 6.20. The molecule has 0 amide bonds. The summed E-state index contributed by atoms with van der Waals surface area (Å²) in [5, 5.41) is 0. The van der Waals surface area contributed by atoms with Gasteiger partial charge in [-0.05, 0) is 24.6 Å². The third kappa shape index (κ3) is 3.17. The van der Waals surface area contributed by atoms with E-state index >= 15 is 0 Å². The van der Waals surface area contributed by atoms with Gasteiger partial charge in [0, 0.05) is 28.6 Å². The number of rotatable bonds is 5. The summed E-state index contributed by atoms with van der Waals surface area (Å²) in [5.41, 5.74) is 8.80. The van der Waals surface area contributed by atoms with Gasteiger partial charge in [-0.1, -0.05) is 6.07 Å². The van der Waals surface area contributed by atoms with E-state index in [2.05, 4.69) is 11.1 Å². The van der Waals surface area contributed by atoms with Gasteiger partial charge in [0.15, 0.2) is 11.5 Å². The molecule has 0 aliphatic carbocycles. The van der Waals surface area contributed by atoms with E-state index in [1.807, 2.05) is 19.1 Å². The van der Waals surface area contributed by atoms with Crippen molar-refractivity contribution in [2.75, 3.05) is 20.0 Å². The monoisotopic (exact) mass is 290 g/mol. The van der Waals surface area contributed by atoms with Crippen LogP contribution in [-0.2, 0) is 5.75 Å². The molecular weight excluding hydrogens is 272 g/mol. The fraction of sp³-hybridized carbons (Fsp3) is 0.267. The van der Waals surface area contributed by atoms with Gasteiger partial charge in [-0.15, -0.1) is 11.8 Å². The summed E-state index contributed by atoms with van der Waals surface area (Å²) in [4.78, 5) is 5.40. The van der Waals surface area contributed by atoms with E-state index in [0.29, 0.717) is 17.3 Å². The molecule has 2 aromatic rings. The number of methoxy groups -OCH3 is 2. The predicted molar refractivity (Wildman–Crippen MR) is 82.5 cm³/mol. The average Bonchev–Trinajstić information content (AvgIpc) is 2.45. The molecule has 0 radical (unpaired) electrons. The van der Waals surface area contributed by atoms with Crippen LogP contribution in [0.15, 0.2) is 35.4 Å². The fourth-order valence-corrected chi connectivity index (χ4v) is 2.79. The third-order valence-corrected chi connectivity index (χ3v) is 4.00. The number of thioether (sulfide) groups is 1. The molecule has 2 N–H and O–H groups in total. The first-order valence-corrected chi connectivity index (χ1v) is 7.19. The van der Waals surface area contributed by atoms with Crippen LogP contribution in [0.3, 0.4) is 0 Å². The zero-order chi connectivity index (χ0) is 14.5. The SMILES string of the molecule is COc1ccnc(CSc2ccc(C)cc2N)c1OC. The summed E-state index contributed by atoms with van der Waals surface area (Å²) < 4.78 is 10.6. The first-order chi connectivity index (χ1) is 9.65. The summed E-state index contributed by atoms with van der Waals surface area (Å²) in [6.45, 7) is 2.03. The van der Waals surface area contributed by atoms with Gasteiger partial charge in [-0.25, -0.2) is 0 Å². The van der Waals surface area contributed by atoms with Crippen LogP contribution in [-0.4, -0.2) is 19.2 Å². The number of pyridine rings is 1. The summed E-state index contributed by atoms with van der Waals surface area (Å²) in [6.07, 6.45) is 1.72. The van der Waals surface area contributed by atoms with E-state index in [4.69, 9.17) is 15.2 Å². The van der Waals surface area contributed by atoms with Crippen LogP contribution in [0.25, 0.3) is 0 Å². The predicted octanol–water partition coefficient (Wildman–Crippen LogP) is 3.28. The number of ether oxygens (including phenoxy) is 2. The number of nitrogens with two attached hydrogens (primary N) is 1. The number of benzene rings is 1. The van der Waals surface area contributed by atoms with Crippen molar-refractivity contribution in [1.29, 1.82) is 0 Å². The van der Waals surface area contributed by atoms with Crippen LogP contribution in [0, 0.1) is 6.92 Å². The van der Waals surface area contributed by atoms with Gasteiger partial charge < -0.3 is 15.2 Å². The van der Waals surface area contributed by atoms with Crippen molar-refractivity contribution in [3.8, 4) is 11.5 Å². The molecule has 0 spiro atoms. The van der Waals surface area contributed by atoms with E-state index < -0.39 is 0 Å². The molecule has 1 heterocycles. The summed E-state index contributed by atoms with van der Waals surface area (Å²) in [7, 11) is 3.24. The summed E-state index contributed by atoms with van der Waals surface area (Å²) in [6, 6.07) is 7.84. The molecule has 2 rings (SSSR count). The second-order valence-electron chi connectivity index (χ2n) is 4.32. The average molecular weight is 290 g/mol. The summed E-state index contributed by atoms with van der Waals surface area (Å²) in [5.74, 6) is 2.04. The maximum Gasteiger partial charge on any atom is 0.183 e. The van der Waals surface area contributed by atoms with Crippen molar-refractivity contribution in [3.05, 3.63) is 41.7 Å². The van der Waals surface area contributed by atoms with Crippen molar-refractivity contribution in [3.63, 3.8) is 0 Å². The smallest absolute Gasteiger partial charge is 0.183 e. The minimum absolute atomic E-state index is 0.674. The Hall–Kier alpha value is -1.88. The van der Waals surface area contributed by atoms with Gasteiger partial charge in [0.2, 0.25) is 0 Å².